The summed E-state index contributed by atoms with van der Waals surface area (Å²) < 4.78 is 5.10. The highest BCUT2D eigenvalue weighted by molar-refractivity contribution is 7.11. The summed E-state index contributed by atoms with van der Waals surface area (Å²) in [5, 5.41) is 13.8. The third-order valence-corrected chi connectivity index (χ3v) is 4.03. The standard InChI is InChI=1S/C14H20N4OS/c1-14(2,3)13-18-17-12(20-13)9-15-8-10-6-5-7-11(16-10)19-4/h5-7,15H,8-9H2,1-4H3. The highest BCUT2D eigenvalue weighted by Crippen LogP contribution is 2.25. The molecule has 2 heterocycles. The van der Waals surface area contributed by atoms with E-state index in [-0.39, 0.29) is 5.41 Å². The van der Waals surface area contributed by atoms with Gasteiger partial charge in [-0.1, -0.05) is 38.2 Å². The average molecular weight is 292 g/mol. The van der Waals surface area contributed by atoms with Gasteiger partial charge in [-0.3, -0.25) is 0 Å². The third kappa shape index (κ3) is 3.98. The minimum atomic E-state index is 0.0598. The number of aromatic nitrogens is 3. The Morgan fingerprint density at radius 3 is 2.65 bits per heavy atom. The number of nitrogens with one attached hydrogen (secondary N) is 1. The van der Waals surface area contributed by atoms with E-state index < -0.39 is 0 Å². The van der Waals surface area contributed by atoms with Crippen LogP contribution in [0, 0.1) is 0 Å². The van der Waals surface area contributed by atoms with Crippen LogP contribution in [0.25, 0.3) is 0 Å². The van der Waals surface area contributed by atoms with E-state index in [2.05, 4.69) is 41.3 Å². The molecule has 0 aliphatic rings. The Kier molecular flexibility index (Phi) is 4.67. The van der Waals surface area contributed by atoms with E-state index >= 15 is 0 Å². The Bertz CT molecular complexity index is 562. The molecule has 6 heteroatoms. The van der Waals surface area contributed by atoms with E-state index in [4.69, 9.17) is 4.74 Å². The lowest BCUT2D eigenvalue weighted by Crippen LogP contribution is -2.13. The zero-order valence-corrected chi connectivity index (χ0v) is 13.1. The van der Waals surface area contributed by atoms with Crippen molar-refractivity contribution in [1.82, 2.24) is 20.5 Å². The van der Waals surface area contributed by atoms with Crippen molar-refractivity contribution < 1.29 is 4.74 Å². The molecule has 0 unspecified atom stereocenters. The molecule has 5 nitrogen and oxygen atoms in total. The van der Waals surface area contributed by atoms with E-state index in [1.165, 1.54) is 0 Å². The van der Waals surface area contributed by atoms with Gasteiger partial charge in [0.1, 0.15) is 10.0 Å². The number of rotatable bonds is 5. The van der Waals surface area contributed by atoms with Crippen LogP contribution in [0.4, 0.5) is 0 Å². The van der Waals surface area contributed by atoms with Crippen LogP contribution < -0.4 is 10.1 Å². The van der Waals surface area contributed by atoms with Crippen LogP contribution in [0.15, 0.2) is 18.2 Å². The van der Waals surface area contributed by atoms with Crippen molar-refractivity contribution in [3.8, 4) is 5.88 Å². The Morgan fingerprint density at radius 1 is 1.20 bits per heavy atom. The van der Waals surface area contributed by atoms with Crippen molar-refractivity contribution in [2.24, 2.45) is 0 Å². The summed E-state index contributed by atoms with van der Waals surface area (Å²) >= 11 is 1.65. The van der Waals surface area contributed by atoms with Crippen molar-refractivity contribution in [2.75, 3.05) is 7.11 Å². The normalized spacial score (nSPS) is 11.6. The molecule has 2 aromatic rings. The maximum absolute atomic E-state index is 5.10. The van der Waals surface area contributed by atoms with Crippen LogP contribution in [0.1, 0.15) is 36.5 Å². The lowest BCUT2D eigenvalue weighted by atomic mass is 9.98. The molecule has 0 radical (unpaired) electrons. The number of hydrogen-bond acceptors (Lipinski definition) is 6. The second-order valence-electron chi connectivity index (χ2n) is 5.53. The van der Waals surface area contributed by atoms with Crippen molar-refractivity contribution in [3.63, 3.8) is 0 Å². The fourth-order valence-electron chi connectivity index (χ4n) is 1.60. The average Bonchev–Trinajstić information content (AvgIpc) is 2.88. The first-order valence-electron chi connectivity index (χ1n) is 6.52. The summed E-state index contributed by atoms with van der Waals surface area (Å²) in [5.41, 5.74) is 1.01. The summed E-state index contributed by atoms with van der Waals surface area (Å²) in [6, 6.07) is 5.74. The summed E-state index contributed by atoms with van der Waals surface area (Å²) in [7, 11) is 1.62. The molecule has 0 saturated heterocycles. The lowest BCUT2D eigenvalue weighted by molar-refractivity contribution is 0.395. The predicted octanol–water partition coefficient (Wildman–Crippen LogP) is 2.53. The zero-order valence-electron chi connectivity index (χ0n) is 12.3. The highest BCUT2D eigenvalue weighted by Gasteiger charge is 2.18. The van der Waals surface area contributed by atoms with Gasteiger partial charge in [0.05, 0.1) is 19.3 Å². The molecule has 0 aromatic carbocycles. The quantitative estimate of drug-likeness (QED) is 0.917. The molecule has 1 N–H and O–H groups in total. The second-order valence-corrected chi connectivity index (χ2v) is 6.59. The van der Waals surface area contributed by atoms with Crippen LogP contribution in [0.3, 0.4) is 0 Å². The van der Waals surface area contributed by atoms with E-state index in [9.17, 15) is 0 Å². The molecular weight excluding hydrogens is 272 g/mol. The molecule has 0 atom stereocenters. The fraction of sp³-hybridized carbons (Fsp3) is 0.500. The van der Waals surface area contributed by atoms with Crippen molar-refractivity contribution >= 4 is 11.3 Å². The Labute approximate surface area is 123 Å². The van der Waals surface area contributed by atoms with Crippen molar-refractivity contribution in [3.05, 3.63) is 33.9 Å². The molecule has 108 valence electrons. The minimum absolute atomic E-state index is 0.0598. The van der Waals surface area contributed by atoms with E-state index in [0.717, 1.165) is 15.7 Å². The van der Waals surface area contributed by atoms with Gasteiger partial charge in [0.15, 0.2) is 0 Å². The summed E-state index contributed by atoms with van der Waals surface area (Å²) in [6.07, 6.45) is 0. The first-order valence-corrected chi connectivity index (χ1v) is 7.34. The van der Waals surface area contributed by atoms with Gasteiger partial charge in [0.25, 0.3) is 0 Å². The number of pyridine rings is 1. The Hall–Kier alpha value is -1.53. The number of methoxy groups -OCH3 is 1. The van der Waals surface area contributed by atoms with E-state index in [0.29, 0.717) is 19.0 Å². The van der Waals surface area contributed by atoms with Gasteiger partial charge in [0, 0.05) is 18.0 Å². The first kappa shape index (κ1) is 14.9. The second kappa shape index (κ2) is 6.28. The Morgan fingerprint density at radius 2 is 2.00 bits per heavy atom. The van der Waals surface area contributed by atoms with Crippen molar-refractivity contribution in [2.45, 2.75) is 39.3 Å². The third-order valence-electron chi connectivity index (χ3n) is 2.68. The van der Waals surface area contributed by atoms with Crippen LogP contribution in [0.5, 0.6) is 5.88 Å². The van der Waals surface area contributed by atoms with Gasteiger partial charge >= 0.3 is 0 Å². The first-order chi connectivity index (χ1) is 9.49. The van der Waals surface area contributed by atoms with Gasteiger partial charge in [-0.2, -0.15) is 0 Å². The molecule has 0 amide bonds. The number of nitrogens with zero attached hydrogens (tertiary/aromatic N) is 3. The van der Waals surface area contributed by atoms with Gasteiger partial charge in [-0.05, 0) is 6.07 Å². The SMILES string of the molecule is COc1cccc(CNCc2nnc(C(C)(C)C)s2)n1. The summed E-state index contributed by atoms with van der Waals surface area (Å²) in [4.78, 5) is 4.35. The molecule has 0 aliphatic heterocycles. The minimum Gasteiger partial charge on any atom is -0.481 e. The lowest BCUT2D eigenvalue weighted by Gasteiger charge is -2.12. The molecule has 0 saturated carbocycles. The van der Waals surface area contributed by atoms with Crippen LogP contribution >= 0.6 is 11.3 Å². The van der Waals surface area contributed by atoms with Crippen LogP contribution in [-0.4, -0.2) is 22.3 Å². The van der Waals surface area contributed by atoms with Gasteiger partial charge in [0.2, 0.25) is 5.88 Å². The molecular formula is C14H20N4OS. The van der Waals surface area contributed by atoms with Crippen molar-refractivity contribution in [1.29, 1.82) is 0 Å². The molecule has 0 fully saturated rings. The smallest absolute Gasteiger partial charge is 0.213 e. The molecule has 0 bridgehead atoms. The van der Waals surface area contributed by atoms with Crippen LogP contribution in [-0.2, 0) is 18.5 Å². The number of ether oxygens (including phenoxy) is 1. The largest absolute Gasteiger partial charge is 0.481 e. The maximum Gasteiger partial charge on any atom is 0.213 e. The van der Waals surface area contributed by atoms with Crippen LogP contribution in [0.2, 0.25) is 0 Å². The monoisotopic (exact) mass is 292 g/mol. The maximum atomic E-state index is 5.10. The summed E-state index contributed by atoms with van der Waals surface area (Å²) in [5.74, 6) is 0.634. The highest BCUT2D eigenvalue weighted by atomic mass is 32.1. The van der Waals surface area contributed by atoms with Gasteiger partial charge in [-0.15, -0.1) is 10.2 Å². The topological polar surface area (TPSA) is 59.9 Å². The number of hydrogen-bond donors (Lipinski definition) is 1. The molecule has 20 heavy (non-hydrogen) atoms. The summed E-state index contributed by atoms with van der Waals surface area (Å²) in [6.45, 7) is 7.81. The predicted molar refractivity (Wildman–Crippen MR) is 79.9 cm³/mol. The zero-order chi connectivity index (χ0) is 14.6. The van der Waals surface area contributed by atoms with E-state index in [1.807, 2.05) is 18.2 Å². The molecule has 0 spiro atoms. The van der Waals surface area contributed by atoms with Gasteiger partial charge in [-0.25, -0.2) is 4.98 Å². The fourth-order valence-corrected chi connectivity index (χ4v) is 2.46. The molecule has 2 rings (SSSR count). The van der Waals surface area contributed by atoms with E-state index in [1.54, 1.807) is 18.4 Å². The van der Waals surface area contributed by atoms with Gasteiger partial charge < -0.3 is 10.1 Å². The molecule has 2 aromatic heterocycles. The Balaban J connectivity index is 1.88. The molecule has 0 aliphatic carbocycles.